The van der Waals surface area contributed by atoms with Crippen LogP contribution in [0, 0.1) is 19.3 Å². The Hall–Kier alpha value is -2.00. The summed E-state index contributed by atoms with van der Waals surface area (Å²) in [7, 11) is -3.30. The van der Waals surface area contributed by atoms with E-state index in [1.807, 2.05) is 0 Å². The minimum Gasteiger partial charge on any atom is -0.443 e. The van der Waals surface area contributed by atoms with E-state index in [0.29, 0.717) is 11.3 Å². The van der Waals surface area contributed by atoms with Gasteiger partial charge in [-0.2, -0.15) is 0 Å². The van der Waals surface area contributed by atoms with Gasteiger partial charge in [0.05, 0.1) is 17.1 Å². The summed E-state index contributed by atoms with van der Waals surface area (Å²) in [6.07, 6.45) is 5.89. The zero-order chi connectivity index (χ0) is 17.1. The summed E-state index contributed by atoms with van der Waals surface area (Å²) in [5.74, 6) is 2.41. The molecule has 1 amide bonds. The maximum Gasteiger partial charge on any atom is 0.415 e. The molecule has 0 bridgehead atoms. The Labute approximate surface area is 132 Å². The SMILES string of the molecule is C#CCN(C(=O)OC(C)(C)C)c1ccc(S(C)(=O)=O)cc1C. The lowest BCUT2D eigenvalue weighted by Crippen LogP contribution is -2.37. The van der Waals surface area contributed by atoms with Crippen LogP contribution < -0.4 is 4.90 Å². The van der Waals surface area contributed by atoms with Gasteiger partial charge in [0, 0.05) is 6.26 Å². The molecule has 0 fully saturated rings. The summed E-state index contributed by atoms with van der Waals surface area (Å²) in [6, 6.07) is 4.52. The maximum absolute atomic E-state index is 12.3. The van der Waals surface area contributed by atoms with Crippen LogP contribution in [0.5, 0.6) is 0 Å². The summed E-state index contributed by atoms with van der Waals surface area (Å²) in [4.78, 5) is 13.8. The fraction of sp³-hybridized carbons (Fsp3) is 0.438. The summed E-state index contributed by atoms with van der Waals surface area (Å²) >= 11 is 0. The third-order valence-corrected chi connectivity index (χ3v) is 3.86. The Bertz CT molecular complexity index is 709. The topological polar surface area (TPSA) is 63.7 Å². The van der Waals surface area contributed by atoms with Crippen molar-refractivity contribution in [2.24, 2.45) is 0 Å². The van der Waals surface area contributed by atoms with E-state index in [1.54, 1.807) is 33.8 Å². The van der Waals surface area contributed by atoms with Crippen molar-refractivity contribution in [1.82, 2.24) is 0 Å². The molecular weight excluding hydrogens is 302 g/mol. The van der Waals surface area contributed by atoms with E-state index in [4.69, 9.17) is 11.2 Å². The van der Waals surface area contributed by atoms with Crippen LogP contribution in [-0.4, -0.2) is 32.9 Å². The second-order valence-electron chi connectivity index (χ2n) is 5.99. The largest absolute Gasteiger partial charge is 0.443 e. The molecule has 0 heterocycles. The fourth-order valence-electron chi connectivity index (χ4n) is 1.82. The van der Waals surface area contributed by atoms with Crippen molar-refractivity contribution in [3.8, 4) is 12.3 Å². The zero-order valence-electron chi connectivity index (χ0n) is 13.5. The molecule has 1 aromatic rings. The normalized spacial score (nSPS) is 11.6. The predicted octanol–water partition coefficient (Wildman–Crippen LogP) is 2.77. The van der Waals surface area contributed by atoms with Gasteiger partial charge in [-0.25, -0.2) is 13.2 Å². The molecule has 22 heavy (non-hydrogen) atoms. The second kappa shape index (κ2) is 6.41. The van der Waals surface area contributed by atoms with E-state index >= 15 is 0 Å². The number of ether oxygens (including phenoxy) is 1. The quantitative estimate of drug-likeness (QED) is 0.802. The van der Waals surface area contributed by atoms with Crippen molar-refractivity contribution < 1.29 is 17.9 Å². The van der Waals surface area contributed by atoms with Crippen LogP contribution in [0.25, 0.3) is 0 Å². The number of carbonyl (C=O) groups excluding carboxylic acids is 1. The molecule has 0 saturated heterocycles. The lowest BCUT2D eigenvalue weighted by Gasteiger charge is -2.27. The van der Waals surface area contributed by atoms with Gasteiger partial charge in [0.1, 0.15) is 5.60 Å². The highest BCUT2D eigenvalue weighted by molar-refractivity contribution is 7.90. The molecule has 0 aliphatic heterocycles. The van der Waals surface area contributed by atoms with Gasteiger partial charge in [-0.1, -0.05) is 5.92 Å². The van der Waals surface area contributed by atoms with Crippen LogP contribution in [0.15, 0.2) is 23.1 Å². The Morgan fingerprint density at radius 1 is 1.36 bits per heavy atom. The van der Waals surface area contributed by atoms with Gasteiger partial charge < -0.3 is 4.74 Å². The van der Waals surface area contributed by atoms with Gasteiger partial charge in [-0.3, -0.25) is 4.90 Å². The molecule has 120 valence electrons. The average molecular weight is 323 g/mol. The minimum atomic E-state index is -3.30. The molecule has 0 unspecified atom stereocenters. The molecule has 5 nitrogen and oxygen atoms in total. The number of rotatable bonds is 3. The Morgan fingerprint density at radius 3 is 2.36 bits per heavy atom. The lowest BCUT2D eigenvalue weighted by atomic mass is 10.2. The highest BCUT2D eigenvalue weighted by Gasteiger charge is 2.24. The van der Waals surface area contributed by atoms with Gasteiger partial charge in [0.2, 0.25) is 0 Å². The lowest BCUT2D eigenvalue weighted by molar-refractivity contribution is 0.0585. The predicted molar refractivity (Wildman–Crippen MR) is 86.7 cm³/mol. The van der Waals surface area contributed by atoms with Crippen molar-refractivity contribution in [3.63, 3.8) is 0 Å². The molecule has 0 aliphatic rings. The number of hydrogen-bond donors (Lipinski definition) is 0. The van der Waals surface area contributed by atoms with E-state index in [0.717, 1.165) is 6.26 Å². The molecule has 0 spiro atoms. The molecule has 0 aliphatic carbocycles. The Kier molecular flexibility index (Phi) is 5.26. The van der Waals surface area contributed by atoms with Gasteiger partial charge in [-0.05, 0) is 51.5 Å². The van der Waals surface area contributed by atoms with Gasteiger partial charge in [0.15, 0.2) is 9.84 Å². The molecule has 0 radical (unpaired) electrons. The highest BCUT2D eigenvalue weighted by Crippen LogP contribution is 2.25. The fourth-order valence-corrected chi connectivity index (χ4v) is 2.52. The maximum atomic E-state index is 12.3. The van der Waals surface area contributed by atoms with E-state index in [1.165, 1.54) is 17.0 Å². The van der Waals surface area contributed by atoms with Gasteiger partial charge in [-0.15, -0.1) is 6.42 Å². The minimum absolute atomic E-state index is 0.0357. The molecule has 6 heteroatoms. The van der Waals surface area contributed by atoms with Crippen LogP contribution in [0.3, 0.4) is 0 Å². The van der Waals surface area contributed by atoms with Crippen LogP contribution >= 0.6 is 0 Å². The number of benzene rings is 1. The second-order valence-corrected chi connectivity index (χ2v) is 8.01. The number of aryl methyl sites for hydroxylation is 1. The van der Waals surface area contributed by atoms with Crippen LogP contribution in [0.2, 0.25) is 0 Å². The van der Waals surface area contributed by atoms with Gasteiger partial charge >= 0.3 is 6.09 Å². The number of terminal acetylenes is 1. The number of amides is 1. The van der Waals surface area contributed by atoms with E-state index in [2.05, 4.69) is 5.92 Å². The highest BCUT2D eigenvalue weighted by atomic mass is 32.2. The summed E-state index contributed by atoms with van der Waals surface area (Å²) in [6.45, 7) is 7.04. The van der Waals surface area contributed by atoms with Crippen molar-refractivity contribution in [3.05, 3.63) is 23.8 Å². The Balaban J connectivity index is 3.23. The third kappa shape index (κ3) is 4.78. The number of anilines is 1. The summed E-state index contributed by atoms with van der Waals surface area (Å²) in [5.41, 5.74) is 0.508. The van der Waals surface area contributed by atoms with Gasteiger partial charge in [0.25, 0.3) is 0 Å². The first-order chi connectivity index (χ1) is 9.95. The number of carbonyl (C=O) groups is 1. The van der Waals surface area contributed by atoms with Crippen molar-refractivity contribution in [2.45, 2.75) is 38.2 Å². The first-order valence-corrected chi connectivity index (χ1v) is 8.59. The smallest absolute Gasteiger partial charge is 0.415 e. The first kappa shape index (κ1) is 18.1. The monoisotopic (exact) mass is 323 g/mol. The molecule has 1 rings (SSSR count). The van der Waals surface area contributed by atoms with Crippen molar-refractivity contribution >= 4 is 21.6 Å². The first-order valence-electron chi connectivity index (χ1n) is 6.70. The van der Waals surface area contributed by atoms with E-state index in [9.17, 15) is 13.2 Å². The summed E-state index contributed by atoms with van der Waals surface area (Å²) in [5, 5.41) is 0. The standard InChI is InChI=1S/C16H21NO4S/c1-7-10-17(15(18)21-16(3,4)5)14-9-8-13(11-12(14)2)22(6,19)20/h1,8-9,11H,10H2,2-6H3. The molecular formula is C16H21NO4S. The van der Waals surface area contributed by atoms with Crippen LogP contribution in [0.1, 0.15) is 26.3 Å². The summed E-state index contributed by atoms with van der Waals surface area (Å²) < 4.78 is 28.5. The zero-order valence-corrected chi connectivity index (χ0v) is 14.3. The van der Waals surface area contributed by atoms with Crippen molar-refractivity contribution in [2.75, 3.05) is 17.7 Å². The van der Waals surface area contributed by atoms with Crippen LogP contribution in [-0.2, 0) is 14.6 Å². The van der Waals surface area contributed by atoms with Crippen LogP contribution in [0.4, 0.5) is 10.5 Å². The van der Waals surface area contributed by atoms with E-state index < -0.39 is 21.5 Å². The van der Waals surface area contributed by atoms with E-state index in [-0.39, 0.29) is 11.4 Å². The molecule has 0 atom stereocenters. The van der Waals surface area contributed by atoms with Crippen molar-refractivity contribution in [1.29, 1.82) is 0 Å². The average Bonchev–Trinajstić information content (AvgIpc) is 2.33. The Morgan fingerprint density at radius 2 is 1.95 bits per heavy atom. The molecule has 0 aromatic heterocycles. The molecule has 0 saturated carbocycles. The number of hydrogen-bond acceptors (Lipinski definition) is 4. The third-order valence-electron chi connectivity index (χ3n) is 2.75. The number of sulfone groups is 1. The number of nitrogens with zero attached hydrogens (tertiary/aromatic N) is 1. The molecule has 1 aromatic carbocycles. The molecule has 0 N–H and O–H groups in total.